The zero-order chi connectivity index (χ0) is 29.2. The van der Waals surface area contributed by atoms with Crippen molar-refractivity contribution in [2.75, 3.05) is 0 Å². The fraction of sp³-hybridized carbons (Fsp3) is 0. The van der Waals surface area contributed by atoms with E-state index in [-0.39, 0.29) is 0 Å². The molecule has 0 radical (unpaired) electrons. The molecule has 0 N–H and O–H groups in total. The van der Waals surface area contributed by atoms with Crippen LogP contribution in [0.5, 0.6) is 0 Å². The van der Waals surface area contributed by atoms with Gasteiger partial charge in [0, 0.05) is 32.5 Å². The molecule has 2 heterocycles. The Morgan fingerprint density at radius 3 is 1.84 bits per heavy atom. The van der Waals surface area contributed by atoms with E-state index in [1.807, 2.05) is 0 Å². The topological polar surface area (TPSA) is 30.7 Å². The predicted molar refractivity (Wildman–Crippen MR) is 188 cm³/mol. The molecule has 0 spiro atoms. The van der Waals surface area contributed by atoms with Crippen LogP contribution in [-0.4, -0.2) is 14.5 Å². The Kier molecular flexibility index (Phi) is 4.32. The number of aromatic nitrogens is 3. The summed E-state index contributed by atoms with van der Waals surface area (Å²) in [5, 5.41) is 13.7. The lowest BCUT2D eigenvalue weighted by Gasteiger charge is -2.15. The average molecular weight is 570 g/mol. The van der Waals surface area contributed by atoms with E-state index in [4.69, 9.17) is 9.97 Å². The van der Waals surface area contributed by atoms with E-state index in [9.17, 15) is 0 Å². The van der Waals surface area contributed by atoms with Crippen LogP contribution < -0.4 is 0 Å². The molecule has 0 bridgehead atoms. The standard InChI is InChI=1S/C42H23N3/c1-2-9-28(10-3-1)40-32-22-20-24-8-4-5-12-29(24)41(32)44-42(43-40)45-33-15-7-14-31-30-13-6-11-25-16-17-26-18-19-27-21-23-34(45)39(38(31)33)37(27)36(26)35(25)30/h1-23H. The molecule has 0 saturated carbocycles. The third kappa shape index (κ3) is 2.95. The van der Waals surface area contributed by atoms with Gasteiger partial charge in [-0.25, -0.2) is 9.97 Å². The van der Waals surface area contributed by atoms with E-state index in [1.54, 1.807) is 0 Å². The SMILES string of the molecule is c1ccc(-c2nc(-n3c4cccc5c4c4c6c(ccc7ccc8cccc-5c8c76)ccc43)nc3c2ccc2ccccc23)cc1. The molecule has 0 aliphatic heterocycles. The van der Waals surface area contributed by atoms with Crippen molar-refractivity contribution in [2.24, 2.45) is 0 Å². The van der Waals surface area contributed by atoms with Crippen molar-refractivity contribution in [3.8, 4) is 28.3 Å². The van der Waals surface area contributed by atoms with Crippen molar-refractivity contribution in [1.82, 2.24) is 14.5 Å². The van der Waals surface area contributed by atoms with Crippen molar-refractivity contribution >= 4 is 75.8 Å². The summed E-state index contributed by atoms with van der Waals surface area (Å²) in [6.07, 6.45) is 0. The summed E-state index contributed by atoms with van der Waals surface area (Å²) in [5.41, 5.74) is 7.77. The van der Waals surface area contributed by atoms with Crippen LogP contribution in [0.25, 0.3) is 104 Å². The third-order valence-electron chi connectivity index (χ3n) is 9.88. The second-order valence-electron chi connectivity index (χ2n) is 12.1. The van der Waals surface area contributed by atoms with Gasteiger partial charge in [0.15, 0.2) is 0 Å². The first-order valence-electron chi connectivity index (χ1n) is 15.4. The summed E-state index contributed by atoms with van der Waals surface area (Å²) in [5.74, 6) is 0.688. The molecule has 0 amide bonds. The second-order valence-corrected chi connectivity index (χ2v) is 12.1. The van der Waals surface area contributed by atoms with Crippen molar-refractivity contribution in [3.05, 3.63) is 140 Å². The minimum Gasteiger partial charge on any atom is -0.278 e. The minimum absolute atomic E-state index is 0.688. The van der Waals surface area contributed by atoms with Gasteiger partial charge in [-0.05, 0) is 61.6 Å². The maximum absolute atomic E-state index is 5.41. The normalized spacial score (nSPS) is 12.4. The zero-order valence-corrected chi connectivity index (χ0v) is 24.1. The lowest BCUT2D eigenvalue weighted by Crippen LogP contribution is -2.04. The molecule has 0 saturated heterocycles. The van der Waals surface area contributed by atoms with Crippen LogP contribution in [0, 0.1) is 0 Å². The largest absolute Gasteiger partial charge is 0.278 e. The van der Waals surface area contributed by atoms with E-state index >= 15 is 0 Å². The quantitative estimate of drug-likeness (QED) is 0.194. The Bertz CT molecular complexity index is 2910. The number of hydrogen-bond acceptors (Lipinski definition) is 2. The smallest absolute Gasteiger partial charge is 0.235 e. The molecule has 3 nitrogen and oxygen atoms in total. The lowest BCUT2D eigenvalue weighted by molar-refractivity contribution is 1.02. The Labute approximate surface area is 257 Å². The number of rotatable bonds is 2. The third-order valence-corrected chi connectivity index (χ3v) is 9.88. The fourth-order valence-electron chi connectivity index (χ4n) is 7.99. The van der Waals surface area contributed by atoms with Crippen LogP contribution >= 0.6 is 0 Å². The van der Waals surface area contributed by atoms with Crippen LogP contribution in [0.1, 0.15) is 0 Å². The number of hydrogen-bond donors (Lipinski definition) is 0. The van der Waals surface area contributed by atoms with Gasteiger partial charge in [-0.15, -0.1) is 0 Å². The van der Waals surface area contributed by atoms with Crippen molar-refractivity contribution in [3.63, 3.8) is 0 Å². The average Bonchev–Trinajstić information content (AvgIpc) is 3.38. The van der Waals surface area contributed by atoms with Crippen LogP contribution in [0.2, 0.25) is 0 Å². The molecule has 3 heteroatoms. The van der Waals surface area contributed by atoms with Crippen LogP contribution in [0.3, 0.4) is 0 Å². The van der Waals surface area contributed by atoms with Crippen molar-refractivity contribution < 1.29 is 0 Å². The molecule has 206 valence electrons. The molecule has 0 fully saturated rings. The van der Waals surface area contributed by atoms with E-state index in [1.165, 1.54) is 59.6 Å². The van der Waals surface area contributed by atoms with Crippen molar-refractivity contribution in [2.45, 2.75) is 0 Å². The summed E-state index contributed by atoms with van der Waals surface area (Å²) in [6, 6.07) is 50.4. The van der Waals surface area contributed by atoms with Gasteiger partial charge in [-0.1, -0.05) is 121 Å². The first-order valence-corrected chi connectivity index (χ1v) is 15.4. The molecule has 0 atom stereocenters. The molecule has 8 aromatic carbocycles. The van der Waals surface area contributed by atoms with Crippen LogP contribution in [0.4, 0.5) is 0 Å². The predicted octanol–water partition coefficient (Wildman–Crippen LogP) is 11.0. The maximum atomic E-state index is 5.41. The number of nitrogens with zero attached hydrogens (tertiary/aromatic N) is 3. The minimum atomic E-state index is 0.688. The molecule has 10 aromatic rings. The molecular formula is C42H23N3. The van der Waals surface area contributed by atoms with Gasteiger partial charge < -0.3 is 0 Å². The Hall–Kier alpha value is -6.06. The molecular weight excluding hydrogens is 546 g/mol. The van der Waals surface area contributed by atoms with Gasteiger partial charge in [-0.2, -0.15) is 0 Å². The molecule has 45 heavy (non-hydrogen) atoms. The Morgan fingerprint density at radius 1 is 0.378 bits per heavy atom. The molecule has 0 unspecified atom stereocenters. The van der Waals surface area contributed by atoms with Gasteiger partial charge in [0.05, 0.1) is 22.2 Å². The zero-order valence-electron chi connectivity index (χ0n) is 24.1. The van der Waals surface area contributed by atoms with E-state index in [0.717, 1.165) is 38.6 Å². The van der Waals surface area contributed by atoms with Gasteiger partial charge in [-0.3, -0.25) is 4.57 Å². The van der Waals surface area contributed by atoms with Crippen LogP contribution in [0.15, 0.2) is 140 Å². The van der Waals surface area contributed by atoms with E-state index in [0.29, 0.717) is 5.95 Å². The first-order chi connectivity index (χ1) is 22.3. The van der Waals surface area contributed by atoms with Gasteiger partial charge in [0.2, 0.25) is 5.95 Å². The molecule has 11 rings (SSSR count). The molecule has 1 aliphatic rings. The first kappa shape index (κ1) is 23.4. The molecule has 2 aromatic heterocycles. The maximum Gasteiger partial charge on any atom is 0.235 e. The van der Waals surface area contributed by atoms with Gasteiger partial charge in [0.25, 0.3) is 0 Å². The van der Waals surface area contributed by atoms with E-state index in [2.05, 4.69) is 144 Å². The Morgan fingerprint density at radius 2 is 1.00 bits per heavy atom. The van der Waals surface area contributed by atoms with E-state index < -0.39 is 0 Å². The molecule has 1 aliphatic carbocycles. The number of fused-ring (bicyclic) bond motifs is 4. The highest BCUT2D eigenvalue weighted by Crippen LogP contribution is 2.49. The fourth-order valence-corrected chi connectivity index (χ4v) is 7.99. The summed E-state index contributed by atoms with van der Waals surface area (Å²) < 4.78 is 2.30. The van der Waals surface area contributed by atoms with Crippen molar-refractivity contribution in [1.29, 1.82) is 0 Å². The monoisotopic (exact) mass is 569 g/mol. The highest BCUT2D eigenvalue weighted by atomic mass is 15.2. The summed E-state index contributed by atoms with van der Waals surface area (Å²) >= 11 is 0. The van der Waals surface area contributed by atoms with Gasteiger partial charge >= 0.3 is 0 Å². The highest BCUT2D eigenvalue weighted by molar-refractivity contribution is 6.38. The van der Waals surface area contributed by atoms with Gasteiger partial charge in [0.1, 0.15) is 0 Å². The summed E-state index contributed by atoms with van der Waals surface area (Å²) in [6.45, 7) is 0. The lowest BCUT2D eigenvalue weighted by atomic mass is 9.93. The second kappa shape index (κ2) is 8.31. The highest BCUT2D eigenvalue weighted by Gasteiger charge is 2.25. The van der Waals surface area contributed by atoms with Crippen LogP contribution in [-0.2, 0) is 0 Å². The summed E-state index contributed by atoms with van der Waals surface area (Å²) in [7, 11) is 0. The number of benzene rings is 8. The summed E-state index contributed by atoms with van der Waals surface area (Å²) in [4.78, 5) is 10.8. The Balaban J connectivity index is 1.38.